The Kier molecular flexibility index (Phi) is 10.0. The van der Waals surface area contributed by atoms with Crippen LogP contribution in [-0.4, -0.2) is 25.2 Å². The Morgan fingerprint density at radius 2 is 1.30 bits per heavy atom. The van der Waals surface area contributed by atoms with Gasteiger partial charge in [-0.2, -0.15) is 0 Å². The van der Waals surface area contributed by atoms with Crippen molar-refractivity contribution in [1.29, 1.82) is 0 Å². The van der Waals surface area contributed by atoms with Gasteiger partial charge < -0.3 is 14.8 Å². The molecule has 0 radical (unpaired) electrons. The first-order chi connectivity index (χ1) is 23.0. The molecular weight excluding hydrogens is 606 g/mol. The first kappa shape index (κ1) is 32.1. The van der Waals surface area contributed by atoms with E-state index in [-0.39, 0.29) is 24.9 Å². The van der Waals surface area contributed by atoms with Gasteiger partial charge in [-0.25, -0.2) is 4.79 Å². The van der Waals surface area contributed by atoms with Gasteiger partial charge in [0.25, 0.3) is 0 Å². The molecule has 0 saturated heterocycles. The predicted molar refractivity (Wildman–Crippen MR) is 187 cm³/mol. The van der Waals surface area contributed by atoms with Gasteiger partial charge in [-0.1, -0.05) is 145 Å². The number of unbranched alkanes of at least 4 members (excludes halogenated alkanes) is 2. The topological polar surface area (TPSA) is 64.6 Å². The molecule has 6 heteroatoms. The third-order valence-corrected chi connectivity index (χ3v) is 9.16. The van der Waals surface area contributed by atoms with Crippen LogP contribution >= 0.6 is 11.6 Å². The lowest BCUT2D eigenvalue weighted by Crippen LogP contribution is -2.35. The van der Waals surface area contributed by atoms with Crippen molar-refractivity contribution in [3.05, 3.63) is 166 Å². The van der Waals surface area contributed by atoms with Gasteiger partial charge in [0.1, 0.15) is 6.61 Å². The molecule has 0 bridgehead atoms. The molecule has 47 heavy (non-hydrogen) atoms. The summed E-state index contributed by atoms with van der Waals surface area (Å²) >= 11 is 6.78. The van der Waals surface area contributed by atoms with E-state index in [1.165, 1.54) is 22.3 Å². The maximum Gasteiger partial charge on any atom is 0.407 e. The summed E-state index contributed by atoms with van der Waals surface area (Å²) in [6, 6.07) is 41.8. The molecule has 5 aromatic rings. The number of fused-ring (bicyclic) bond motifs is 3. The number of aryl methyl sites for hydroxylation is 1. The van der Waals surface area contributed by atoms with Crippen molar-refractivity contribution in [3.63, 3.8) is 0 Å². The van der Waals surface area contributed by atoms with Gasteiger partial charge in [0.15, 0.2) is 5.60 Å². The highest BCUT2D eigenvalue weighted by molar-refractivity contribution is 6.31. The fourth-order valence-electron chi connectivity index (χ4n) is 6.49. The van der Waals surface area contributed by atoms with Crippen LogP contribution in [0.1, 0.15) is 65.0 Å². The molecule has 0 spiro atoms. The van der Waals surface area contributed by atoms with Gasteiger partial charge >= 0.3 is 12.1 Å². The van der Waals surface area contributed by atoms with Gasteiger partial charge in [-0.15, -0.1) is 0 Å². The van der Waals surface area contributed by atoms with E-state index in [4.69, 9.17) is 21.1 Å². The number of halogens is 1. The first-order valence-electron chi connectivity index (χ1n) is 16.2. The van der Waals surface area contributed by atoms with Gasteiger partial charge in [0.05, 0.1) is 0 Å². The third-order valence-electron chi connectivity index (χ3n) is 8.83. The number of esters is 1. The third kappa shape index (κ3) is 6.96. The van der Waals surface area contributed by atoms with Gasteiger partial charge in [-0.05, 0) is 48.1 Å². The van der Waals surface area contributed by atoms with E-state index in [0.717, 1.165) is 23.1 Å². The molecule has 0 aliphatic heterocycles. The molecule has 1 unspecified atom stereocenters. The fraction of sp³-hybridized carbons (Fsp3) is 0.220. The van der Waals surface area contributed by atoms with Crippen LogP contribution in [0, 0.1) is 6.92 Å². The molecule has 0 saturated carbocycles. The zero-order valence-electron chi connectivity index (χ0n) is 26.5. The molecule has 1 aliphatic rings. The van der Waals surface area contributed by atoms with E-state index in [1.54, 1.807) is 0 Å². The van der Waals surface area contributed by atoms with Crippen molar-refractivity contribution in [2.24, 2.45) is 0 Å². The van der Waals surface area contributed by atoms with Crippen LogP contribution in [0.2, 0.25) is 5.02 Å². The molecule has 6 rings (SSSR count). The quantitative estimate of drug-likeness (QED) is 0.0835. The summed E-state index contributed by atoms with van der Waals surface area (Å²) in [4.78, 5) is 26.1. The van der Waals surface area contributed by atoms with E-state index >= 15 is 0 Å². The molecule has 5 nitrogen and oxygen atoms in total. The molecule has 1 aliphatic carbocycles. The van der Waals surface area contributed by atoms with Crippen molar-refractivity contribution in [2.45, 2.75) is 44.1 Å². The summed E-state index contributed by atoms with van der Waals surface area (Å²) in [6.07, 6.45) is 1.87. The zero-order valence-corrected chi connectivity index (χ0v) is 27.2. The van der Waals surface area contributed by atoms with Crippen molar-refractivity contribution in [1.82, 2.24) is 5.32 Å². The number of benzene rings is 5. The monoisotopic (exact) mass is 643 g/mol. The van der Waals surface area contributed by atoms with E-state index in [2.05, 4.69) is 29.6 Å². The number of nitrogens with one attached hydrogen (secondary N) is 1. The van der Waals surface area contributed by atoms with E-state index < -0.39 is 11.7 Å². The van der Waals surface area contributed by atoms with Crippen LogP contribution in [0.15, 0.2) is 127 Å². The van der Waals surface area contributed by atoms with E-state index in [1.807, 2.05) is 110 Å². The van der Waals surface area contributed by atoms with Crippen LogP contribution in [-0.2, 0) is 19.9 Å². The molecule has 0 fully saturated rings. The lowest BCUT2D eigenvalue weighted by atomic mass is 9.79. The van der Waals surface area contributed by atoms with Crippen molar-refractivity contribution < 1.29 is 19.1 Å². The van der Waals surface area contributed by atoms with Crippen LogP contribution in [0.5, 0.6) is 0 Å². The van der Waals surface area contributed by atoms with Crippen LogP contribution in [0.25, 0.3) is 11.1 Å². The average molecular weight is 644 g/mol. The summed E-state index contributed by atoms with van der Waals surface area (Å²) in [5.41, 5.74) is 6.99. The Hall–Kier alpha value is -4.87. The summed E-state index contributed by atoms with van der Waals surface area (Å²) in [5, 5.41) is 3.38. The number of alkyl carbamates (subject to hydrolysis) is 1. The number of carbonyl (C=O) groups is 2. The SMILES string of the molecule is Cc1ccc(C(OC(=O)CCCCCNC(=O)OCC2c3ccccc3-c3ccccc32)(c2ccccc2)c2ccccc2Cl)cc1. The molecule has 1 atom stereocenters. The van der Waals surface area contributed by atoms with Gasteiger partial charge in [0, 0.05) is 40.6 Å². The maximum absolute atomic E-state index is 13.5. The predicted octanol–water partition coefficient (Wildman–Crippen LogP) is 9.58. The largest absolute Gasteiger partial charge is 0.449 e. The highest BCUT2D eigenvalue weighted by atomic mass is 35.5. The van der Waals surface area contributed by atoms with Gasteiger partial charge in [0.2, 0.25) is 0 Å². The molecule has 0 heterocycles. The Balaban J connectivity index is 1.03. The Labute approximate surface area is 281 Å². The molecule has 238 valence electrons. The first-order valence-corrected chi connectivity index (χ1v) is 16.5. The second kappa shape index (κ2) is 14.7. The fourth-order valence-corrected chi connectivity index (χ4v) is 6.76. The Bertz CT molecular complexity index is 1790. The smallest absolute Gasteiger partial charge is 0.407 e. The minimum absolute atomic E-state index is 0.0212. The summed E-state index contributed by atoms with van der Waals surface area (Å²) < 4.78 is 12.1. The summed E-state index contributed by atoms with van der Waals surface area (Å²) in [7, 11) is 0. The van der Waals surface area contributed by atoms with Crippen molar-refractivity contribution in [3.8, 4) is 11.1 Å². The van der Waals surface area contributed by atoms with Crippen molar-refractivity contribution in [2.75, 3.05) is 13.2 Å². The standard InChI is InChI=1S/C41H38ClNO4/c1-29-23-25-31(26-24-29)41(30-14-4-2-5-15-30,37-20-11-12-21-38(37)42)47-39(44)22-6-3-13-27-43-40(45)46-28-36-34-18-9-7-16-32(34)33-17-8-10-19-35(33)36/h2,4-5,7-12,14-21,23-26,36H,3,6,13,22,27-28H2,1H3,(H,43,45). The van der Waals surface area contributed by atoms with Crippen LogP contribution in [0.3, 0.4) is 0 Å². The number of ether oxygens (including phenoxy) is 2. The molecule has 1 amide bonds. The minimum atomic E-state index is -1.21. The van der Waals surface area contributed by atoms with E-state index in [0.29, 0.717) is 30.0 Å². The van der Waals surface area contributed by atoms with E-state index in [9.17, 15) is 9.59 Å². The number of hydrogen-bond acceptors (Lipinski definition) is 4. The number of carbonyl (C=O) groups excluding carboxylic acids is 2. The normalized spacial score (nSPS) is 13.2. The Morgan fingerprint density at radius 3 is 1.98 bits per heavy atom. The minimum Gasteiger partial charge on any atom is -0.449 e. The second-order valence-corrected chi connectivity index (χ2v) is 12.3. The summed E-state index contributed by atoms with van der Waals surface area (Å²) in [5.74, 6) is -0.299. The van der Waals surface area contributed by atoms with Crippen LogP contribution < -0.4 is 5.32 Å². The van der Waals surface area contributed by atoms with Crippen LogP contribution in [0.4, 0.5) is 4.79 Å². The lowest BCUT2D eigenvalue weighted by molar-refractivity contribution is -0.153. The number of rotatable bonds is 12. The Morgan fingerprint density at radius 1 is 0.702 bits per heavy atom. The molecule has 1 N–H and O–H groups in total. The highest BCUT2D eigenvalue weighted by Crippen LogP contribution is 2.45. The average Bonchev–Trinajstić information content (AvgIpc) is 3.42. The lowest BCUT2D eigenvalue weighted by Gasteiger charge is -2.36. The summed E-state index contributed by atoms with van der Waals surface area (Å²) in [6.45, 7) is 2.77. The van der Waals surface area contributed by atoms with Crippen molar-refractivity contribution >= 4 is 23.7 Å². The molecule has 5 aromatic carbocycles. The zero-order chi connectivity index (χ0) is 32.6. The number of amides is 1. The van der Waals surface area contributed by atoms with Gasteiger partial charge in [-0.3, -0.25) is 4.79 Å². The molecular formula is C41H38ClNO4. The second-order valence-electron chi connectivity index (χ2n) is 11.9. The highest BCUT2D eigenvalue weighted by Gasteiger charge is 2.42. The maximum atomic E-state index is 13.5. The molecule has 0 aromatic heterocycles. The number of hydrogen-bond donors (Lipinski definition) is 1.